The molecule has 2 aliphatic heterocycles. The van der Waals surface area contributed by atoms with Crippen LogP contribution in [0.1, 0.15) is 24.8 Å². The third kappa shape index (κ3) is 3.40. The van der Waals surface area contributed by atoms with Crippen LogP contribution < -0.4 is 0 Å². The van der Waals surface area contributed by atoms with Crippen LogP contribution in [0.4, 0.5) is 8.78 Å². The van der Waals surface area contributed by atoms with Crippen LogP contribution in [-0.4, -0.2) is 48.9 Å². The van der Waals surface area contributed by atoms with Crippen molar-refractivity contribution in [3.8, 4) is 0 Å². The van der Waals surface area contributed by atoms with Gasteiger partial charge in [0, 0.05) is 31.7 Å². The molecule has 1 atom stereocenters. The van der Waals surface area contributed by atoms with Crippen LogP contribution in [-0.2, 0) is 21.4 Å². The first-order valence-corrected chi connectivity index (χ1v) is 10.2. The highest BCUT2D eigenvalue weighted by Gasteiger charge is 2.50. The van der Waals surface area contributed by atoms with Crippen molar-refractivity contribution in [1.82, 2.24) is 9.21 Å². The lowest BCUT2D eigenvalue weighted by atomic mass is 9.78. The minimum atomic E-state index is -3.46. The second kappa shape index (κ2) is 7.08. The topological polar surface area (TPSA) is 57.7 Å². The maximum absolute atomic E-state index is 13.9. The summed E-state index contributed by atoms with van der Waals surface area (Å²) in [5.74, 6) is -2.22. The van der Waals surface area contributed by atoms with E-state index in [0.717, 1.165) is 6.07 Å². The fraction of sp³-hybridized carbons (Fsp3) is 0.500. The molecular formula is C18H22F2N2O3S. The van der Waals surface area contributed by atoms with Gasteiger partial charge in [0.15, 0.2) is 11.6 Å². The third-order valence-corrected chi connectivity index (χ3v) is 7.01. The molecule has 2 saturated heterocycles. The standard InChI is InChI=1S/C18H22F2N2O3S/c1-2-11-26(24,25)22-10-8-18(13-22)7-4-9-21(17(18)23)12-14-5-3-6-15(19)16(14)20/h2-3,5-6H,1,4,7-13H2/t18-/m0/s1. The molecule has 0 unspecified atom stereocenters. The number of halogens is 2. The predicted molar refractivity (Wildman–Crippen MR) is 93.6 cm³/mol. The Balaban J connectivity index is 1.78. The average molecular weight is 384 g/mol. The van der Waals surface area contributed by atoms with Gasteiger partial charge in [0.25, 0.3) is 0 Å². The van der Waals surface area contributed by atoms with Crippen molar-refractivity contribution in [2.75, 3.05) is 25.4 Å². The molecule has 2 heterocycles. The van der Waals surface area contributed by atoms with Gasteiger partial charge in [-0.25, -0.2) is 21.5 Å². The highest BCUT2D eigenvalue weighted by Crippen LogP contribution is 2.41. The summed E-state index contributed by atoms with van der Waals surface area (Å²) < 4.78 is 53.2. The molecule has 26 heavy (non-hydrogen) atoms. The van der Waals surface area contributed by atoms with E-state index in [-0.39, 0.29) is 30.3 Å². The van der Waals surface area contributed by atoms with Crippen molar-refractivity contribution in [2.24, 2.45) is 5.41 Å². The van der Waals surface area contributed by atoms with Crippen LogP contribution in [0.2, 0.25) is 0 Å². The third-order valence-electron chi connectivity index (χ3n) is 5.26. The first-order chi connectivity index (χ1) is 12.3. The Bertz CT molecular complexity index is 828. The van der Waals surface area contributed by atoms with Gasteiger partial charge in [0.2, 0.25) is 15.9 Å². The Kier molecular flexibility index (Phi) is 5.16. The van der Waals surface area contributed by atoms with Gasteiger partial charge in [-0.1, -0.05) is 18.2 Å². The Morgan fingerprint density at radius 3 is 2.73 bits per heavy atom. The summed E-state index contributed by atoms with van der Waals surface area (Å²) in [6.07, 6.45) is 3.10. The molecular weight excluding hydrogens is 362 g/mol. The summed E-state index contributed by atoms with van der Waals surface area (Å²) >= 11 is 0. The Morgan fingerprint density at radius 1 is 1.23 bits per heavy atom. The fourth-order valence-corrected chi connectivity index (χ4v) is 5.21. The Morgan fingerprint density at radius 2 is 2.00 bits per heavy atom. The Hall–Kier alpha value is -1.80. The van der Waals surface area contributed by atoms with E-state index in [9.17, 15) is 22.0 Å². The Labute approximate surface area is 152 Å². The lowest BCUT2D eigenvalue weighted by Gasteiger charge is -2.39. The summed E-state index contributed by atoms with van der Waals surface area (Å²) in [6, 6.07) is 3.91. The highest BCUT2D eigenvalue weighted by atomic mass is 32.2. The van der Waals surface area contributed by atoms with Crippen molar-refractivity contribution in [2.45, 2.75) is 25.8 Å². The molecule has 0 N–H and O–H groups in total. The van der Waals surface area contributed by atoms with E-state index in [1.807, 2.05) is 0 Å². The summed E-state index contributed by atoms with van der Waals surface area (Å²) in [4.78, 5) is 14.6. The maximum atomic E-state index is 13.9. The normalized spacial score (nSPS) is 24.4. The molecule has 8 heteroatoms. The van der Waals surface area contributed by atoms with Gasteiger partial charge in [0.1, 0.15) is 0 Å². The van der Waals surface area contributed by atoms with E-state index in [0.29, 0.717) is 32.4 Å². The highest BCUT2D eigenvalue weighted by molar-refractivity contribution is 7.89. The zero-order valence-electron chi connectivity index (χ0n) is 14.5. The van der Waals surface area contributed by atoms with Gasteiger partial charge in [-0.2, -0.15) is 0 Å². The predicted octanol–water partition coefficient (Wildman–Crippen LogP) is 2.30. The van der Waals surface area contributed by atoms with E-state index in [1.165, 1.54) is 27.4 Å². The first-order valence-electron chi connectivity index (χ1n) is 8.60. The summed E-state index contributed by atoms with van der Waals surface area (Å²) in [5, 5.41) is 0. The average Bonchev–Trinajstić information content (AvgIpc) is 3.02. The van der Waals surface area contributed by atoms with Crippen LogP contribution in [0.5, 0.6) is 0 Å². The summed E-state index contributed by atoms with van der Waals surface area (Å²) in [7, 11) is -3.46. The van der Waals surface area contributed by atoms with Crippen molar-refractivity contribution in [3.63, 3.8) is 0 Å². The fourth-order valence-electron chi connectivity index (χ4n) is 3.88. The monoisotopic (exact) mass is 384 g/mol. The molecule has 5 nitrogen and oxygen atoms in total. The van der Waals surface area contributed by atoms with Gasteiger partial charge in [-0.15, -0.1) is 6.58 Å². The molecule has 1 spiro atoms. The van der Waals surface area contributed by atoms with Crippen LogP contribution in [0, 0.1) is 17.0 Å². The number of benzene rings is 1. The molecule has 1 aromatic carbocycles. The number of likely N-dealkylation sites (tertiary alicyclic amines) is 1. The second-order valence-corrected chi connectivity index (χ2v) is 8.99. The van der Waals surface area contributed by atoms with E-state index in [4.69, 9.17) is 0 Å². The van der Waals surface area contributed by atoms with Gasteiger partial charge in [-0.05, 0) is 25.3 Å². The number of piperidine rings is 1. The van der Waals surface area contributed by atoms with Crippen molar-refractivity contribution in [1.29, 1.82) is 0 Å². The molecule has 142 valence electrons. The molecule has 0 saturated carbocycles. The lowest BCUT2D eigenvalue weighted by Crippen LogP contribution is -2.50. The molecule has 0 bridgehead atoms. The largest absolute Gasteiger partial charge is 0.338 e. The number of carbonyl (C=O) groups is 1. The maximum Gasteiger partial charge on any atom is 0.230 e. The minimum absolute atomic E-state index is 0.0103. The summed E-state index contributed by atoms with van der Waals surface area (Å²) in [6.45, 7) is 4.35. The van der Waals surface area contributed by atoms with Gasteiger partial charge < -0.3 is 4.90 Å². The number of nitrogens with zero attached hydrogens (tertiary/aromatic N) is 2. The molecule has 0 aliphatic carbocycles. The molecule has 1 aromatic rings. The summed E-state index contributed by atoms with van der Waals surface area (Å²) in [5.41, 5.74) is -0.638. The van der Waals surface area contributed by atoms with E-state index in [1.54, 1.807) is 0 Å². The van der Waals surface area contributed by atoms with Crippen molar-refractivity contribution in [3.05, 3.63) is 48.1 Å². The molecule has 2 fully saturated rings. The smallest absolute Gasteiger partial charge is 0.230 e. The SMILES string of the molecule is C=CCS(=O)(=O)N1CC[C@@]2(CCCN(Cc3cccc(F)c3F)C2=O)C1. The molecule has 1 amide bonds. The van der Waals surface area contributed by atoms with E-state index >= 15 is 0 Å². The molecule has 3 rings (SSSR count). The van der Waals surface area contributed by atoms with E-state index in [2.05, 4.69) is 6.58 Å². The van der Waals surface area contributed by atoms with Crippen LogP contribution in [0.15, 0.2) is 30.9 Å². The molecule has 0 aromatic heterocycles. The number of hydrogen-bond acceptors (Lipinski definition) is 3. The number of sulfonamides is 1. The van der Waals surface area contributed by atoms with E-state index < -0.39 is 27.1 Å². The first kappa shape index (κ1) is 19.0. The zero-order chi connectivity index (χ0) is 18.9. The van der Waals surface area contributed by atoms with Crippen LogP contribution in [0.3, 0.4) is 0 Å². The minimum Gasteiger partial charge on any atom is -0.338 e. The second-order valence-electron chi connectivity index (χ2n) is 6.97. The van der Waals surface area contributed by atoms with Gasteiger partial charge in [0.05, 0.1) is 11.2 Å². The number of hydrogen-bond donors (Lipinski definition) is 0. The molecule has 0 radical (unpaired) electrons. The van der Waals surface area contributed by atoms with Gasteiger partial charge >= 0.3 is 0 Å². The quantitative estimate of drug-likeness (QED) is 0.732. The number of rotatable bonds is 5. The molecule has 2 aliphatic rings. The van der Waals surface area contributed by atoms with Crippen molar-refractivity contribution >= 4 is 15.9 Å². The van der Waals surface area contributed by atoms with Crippen LogP contribution >= 0.6 is 0 Å². The number of amides is 1. The zero-order valence-corrected chi connectivity index (χ0v) is 15.3. The van der Waals surface area contributed by atoms with Gasteiger partial charge in [-0.3, -0.25) is 4.79 Å². The van der Waals surface area contributed by atoms with Crippen LogP contribution in [0.25, 0.3) is 0 Å². The van der Waals surface area contributed by atoms with Crippen molar-refractivity contribution < 1.29 is 22.0 Å². The lowest BCUT2D eigenvalue weighted by molar-refractivity contribution is -0.146. The number of carbonyl (C=O) groups excluding carboxylic acids is 1.